The van der Waals surface area contributed by atoms with E-state index >= 15 is 0 Å². The number of fused-ring (bicyclic) bond motifs is 1. The van der Waals surface area contributed by atoms with Crippen molar-refractivity contribution in [1.82, 2.24) is 0 Å². The molecule has 0 bridgehead atoms. The van der Waals surface area contributed by atoms with Crippen molar-refractivity contribution in [3.63, 3.8) is 0 Å². The lowest BCUT2D eigenvalue weighted by molar-refractivity contribution is -0.135. The molecule has 1 atom stereocenters. The van der Waals surface area contributed by atoms with Crippen LogP contribution in [0.25, 0.3) is 10.8 Å². The van der Waals surface area contributed by atoms with Crippen molar-refractivity contribution in [3.05, 3.63) is 47.5 Å². The summed E-state index contributed by atoms with van der Waals surface area (Å²) < 4.78 is 36.9. The summed E-state index contributed by atoms with van der Waals surface area (Å²) in [5, 5.41) is 1.32. The summed E-state index contributed by atoms with van der Waals surface area (Å²) in [4.78, 5) is 0. The van der Waals surface area contributed by atoms with E-state index in [1.54, 1.807) is 0 Å². The van der Waals surface area contributed by atoms with Crippen LogP contribution in [0.2, 0.25) is 0 Å². The second-order valence-electron chi connectivity index (χ2n) is 4.64. The number of alkyl halides is 4. The standard InChI is InChI=1S/C15H14ClF3/c1-10-6-7-11-4-2-3-5-12(11)14(10)13(16)8-9-15(17,18)19/h2-7,13H,8-9H2,1H3. The highest BCUT2D eigenvalue weighted by Crippen LogP contribution is 2.36. The average Bonchev–Trinajstić information content (AvgIpc) is 2.35. The molecule has 2 aromatic carbocycles. The second-order valence-corrected chi connectivity index (χ2v) is 5.17. The van der Waals surface area contributed by atoms with E-state index in [0.717, 1.165) is 21.9 Å². The van der Waals surface area contributed by atoms with Gasteiger partial charge in [-0.1, -0.05) is 36.4 Å². The first-order valence-electron chi connectivity index (χ1n) is 6.07. The molecule has 0 aliphatic carbocycles. The van der Waals surface area contributed by atoms with Gasteiger partial charge in [-0.25, -0.2) is 0 Å². The quantitative estimate of drug-likeness (QED) is 0.628. The summed E-state index contributed by atoms with van der Waals surface area (Å²) in [6, 6.07) is 11.5. The predicted molar refractivity (Wildman–Crippen MR) is 72.6 cm³/mol. The highest BCUT2D eigenvalue weighted by Gasteiger charge is 2.28. The van der Waals surface area contributed by atoms with Gasteiger partial charge in [0.1, 0.15) is 0 Å². The molecule has 0 saturated carbocycles. The van der Waals surface area contributed by atoms with E-state index in [1.807, 2.05) is 43.3 Å². The summed E-state index contributed by atoms with van der Waals surface area (Å²) in [6.07, 6.45) is -5.12. The van der Waals surface area contributed by atoms with Crippen LogP contribution in [0, 0.1) is 6.92 Å². The van der Waals surface area contributed by atoms with Crippen molar-refractivity contribution in [2.45, 2.75) is 31.3 Å². The Kier molecular flexibility index (Phi) is 4.04. The van der Waals surface area contributed by atoms with Crippen LogP contribution >= 0.6 is 11.6 Å². The van der Waals surface area contributed by atoms with Crippen molar-refractivity contribution in [2.75, 3.05) is 0 Å². The molecule has 19 heavy (non-hydrogen) atoms. The van der Waals surface area contributed by atoms with E-state index < -0.39 is 18.0 Å². The van der Waals surface area contributed by atoms with E-state index in [2.05, 4.69) is 0 Å². The van der Waals surface area contributed by atoms with Gasteiger partial charge in [-0.05, 0) is 35.2 Å². The van der Waals surface area contributed by atoms with Gasteiger partial charge in [-0.15, -0.1) is 11.6 Å². The molecule has 0 N–H and O–H groups in total. The van der Waals surface area contributed by atoms with Crippen LogP contribution in [0.3, 0.4) is 0 Å². The molecule has 0 heterocycles. The van der Waals surface area contributed by atoms with Crippen LogP contribution in [-0.2, 0) is 0 Å². The molecule has 0 fully saturated rings. The molecule has 4 heteroatoms. The van der Waals surface area contributed by atoms with Crippen molar-refractivity contribution in [2.24, 2.45) is 0 Å². The third kappa shape index (κ3) is 3.41. The van der Waals surface area contributed by atoms with Crippen molar-refractivity contribution in [1.29, 1.82) is 0 Å². The smallest absolute Gasteiger partial charge is 0.171 e. The van der Waals surface area contributed by atoms with Crippen LogP contribution in [0.5, 0.6) is 0 Å². The van der Waals surface area contributed by atoms with E-state index in [0.29, 0.717) is 0 Å². The van der Waals surface area contributed by atoms with Gasteiger partial charge in [0.05, 0.1) is 5.38 Å². The molecule has 0 aromatic heterocycles. The third-order valence-corrected chi connectivity index (χ3v) is 3.62. The normalized spacial score (nSPS) is 13.7. The van der Waals surface area contributed by atoms with Crippen LogP contribution < -0.4 is 0 Å². The minimum Gasteiger partial charge on any atom is -0.171 e. The minimum absolute atomic E-state index is 0.0973. The molecule has 0 nitrogen and oxygen atoms in total. The first kappa shape index (κ1) is 14.2. The van der Waals surface area contributed by atoms with E-state index in [4.69, 9.17) is 11.6 Å². The molecule has 2 rings (SSSR count). The lowest BCUT2D eigenvalue weighted by Crippen LogP contribution is -2.09. The Morgan fingerprint density at radius 2 is 1.79 bits per heavy atom. The Morgan fingerprint density at radius 3 is 2.47 bits per heavy atom. The lowest BCUT2D eigenvalue weighted by Gasteiger charge is -2.16. The Hall–Kier alpha value is -1.22. The third-order valence-electron chi connectivity index (χ3n) is 3.18. The van der Waals surface area contributed by atoms with Crippen LogP contribution in [0.15, 0.2) is 36.4 Å². The molecule has 102 valence electrons. The maximum Gasteiger partial charge on any atom is 0.389 e. The monoisotopic (exact) mass is 286 g/mol. The maximum absolute atomic E-state index is 12.3. The molecule has 1 unspecified atom stereocenters. The van der Waals surface area contributed by atoms with Crippen LogP contribution in [0.1, 0.15) is 29.3 Å². The molecular formula is C15H14ClF3. The summed E-state index contributed by atoms with van der Waals surface area (Å²) in [5.74, 6) is 0. The summed E-state index contributed by atoms with van der Waals surface area (Å²) in [5.41, 5.74) is 1.74. The number of rotatable bonds is 3. The molecule has 2 aromatic rings. The zero-order valence-corrected chi connectivity index (χ0v) is 11.2. The second kappa shape index (κ2) is 5.41. The van der Waals surface area contributed by atoms with Crippen LogP contribution in [-0.4, -0.2) is 6.18 Å². The SMILES string of the molecule is Cc1ccc2ccccc2c1C(Cl)CCC(F)(F)F. The van der Waals surface area contributed by atoms with Gasteiger partial charge in [0.25, 0.3) is 0 Å². The number of benzene rings is 2. The van der Waals surface area contributed by atoms with Gasteiger partial charge in [0, 0.05) is 6.42 Å². The van der Waals surface area contributed by atoms with Gasteiger partial charge in [0.15, 0.2) is 0 Å². The molecule has 0 aliphatic heterocycles. The Balaban J connectivity index is 2.35. The lowest BCUT2D eigenvalue weighted by atomic mass is 9.95. The minimum atomic E-state index is -4.16. The predicted octanol–water partition coefficient (Wildman–Crippen LogP) is 5.77. The van der Waals surface area contributed by atoms with Crippen LogP contribution in [0.4, 0.5) is 13.2 Å². The highest BCUT2D eigenvalue weighted by atomic mass is 35.5. The van der Waals surface area contributed by atoms with Gasteiger partial charge < -0.3 is 0 Å². The first-order chi connectivity index (χ1) is 8.88. The fourth-order valence-electron chi connectivity index (χ4n) is 2.26. The Morgan fingerprint density at radius 1 is 1.11 bits per heavy atom. The number of hydrogen-bond acceptors (Lipinski definition) is 0. The van der Waals surface area contributed by atoms with E-state index in [1.165, 1.54) is 0 Å². The molecule has 0 aliphatic rings. The number of hydrogen-bond donors (Lipinski definition) is 0. The molecule has 0 radical (unpaired) electrons. The largest absolute Gasteiger partial charge is 0.389 e. The van der Waals surface area contributed by atoms with E-state index in [9.17, 15) is 13.2 Å². The Labute approximate surface area is 115 Å². The summed E-state index contributed by atoms with van der Waals surface area (Å²) in [7, 11) is 0. The Bertz CT molecular complexity index is 575. The zero-order chi connectivity index (χ0) is 14.0. The summed E-state index contributed by atoms with van der Waals surface area (Å²) >= 11 is 6.20. The van der Waals surface area contributed by atoms with Gasteiger partial charge >= 0.3 is 6.18 Å². The fraction of sp³-hybridized carbons (Fsp3) is 0.333. The van der Waals surface area contributed by atoms with Gasteiger partial charge in [-0.2, -0.15) is 13.2 Å². The highest BCUT2D eigenvalue weighted by molar-refractivity contribution is 6.22. The number of halogens is 4. The first-order valence-corrected chi connectivity index (χ1v) is 6.51. The topological polar surface area (TPSA) is 0 Å². The molecule has 0 saturated heterocycles. The molecule has 0 amide bonds. The summed E-state index contributed by atoms with van der Waals surface area (Å²) in [6.45, 7) is 1.88. The van der Waals surface area contributed by atoms with E-state index in [-0.39, 0.29) is 6.42 Å². The van der Waals surface area contributed by atoms with Gasteiger partial charge in [-0.3, -0.25) is 0 Å². The molecule has 0 spiro atoms. The number of aryl methyl sites for hydroxylation is 1. The van der Waals surface area contributed by atoms with Gasteiger partial charge in [0.2, 0.25) is 0 Å². The average molecular weight is 287 g/mol. The fourth-order valence-corrected chi connectivity index (χ4v) is 2.65. The zero-order valence-electron chi connectivity index (χ0n) is 10.5. The van der Waals surface area contributed by atoms with Crippen molar-refractivity contribution < 1.29 is 13.2 Å². The molecular weight excluding hydrogens is 273 g/mol. The van der Waals surface area contributed by atoms with Crippen molar-refractivity contribution >= 4 is 22.4 Å². The maximum atomic E-state index is 12.3. The van der Waals surface area contributed by atoms with Crippen molar-refractivity contribution in [3.8, 4) is 0 Å².